The number of anilines is 2. The van der Waals surface area contributed by atoms with Crippen LogP contribution in [0.4, 0.5) is 10.8 Å². The van der Waals surface area contributed by atoms with Gasteiger partial charge in [-0.3, -0.25) is 9.59 Å². The van der Waals surface area contributed by atoms with Gasteiger partial charge in [0, 0.05) is 23.2 Å². The van der Waals surface area contributed by atoms with Crippen LogP contribution in [-0.4, -0.2) is 27.8 Å². The van der Waals surface area contributed by atoms with Gasteiger partial charge in [-0.2, -0.15) is 0 Å². The summed E-state index contributed by atoms with van der Waals surface area (Å²) in [5.74, 6) is 0.583. The predicted octanol–water partition coefficient (Wildman–Crippen LogP) is 3.47. The lowest BCUT2D eigenvalue weighted by atomic mass is 10.1. The third-order valence-corrected chi connectivity index (χ3v) is 5.92. The Morgan fingerprint density at radius 3 is 3.08 bits per heavy atom. The van der Waals surface area contributed by atoms with Crippen LogP contribution in [0.1, 0.15) is 24.1 Å². The molecule has 2 heterocycles. The Morgan fingerprint density at radius 1 is 1.46 bits per heavy atom. The Bertz CT molecular complexity index is 745. The predicted molar refractivity (Wildman–Crippen MR) is 99.7 cm³/mol. The first-order valence-corrected chi connectivity index (χ1v) is 9.77. The van der Waals surface area contributed by atoms with E-state index in [0.717, 1.165) is 24.2 Å². The van der Waals surface area contributed by atoms with Crippen molar-refractivity contribution in [3.8, 4) is 0 Å². The number of aromatic nitrogens is 1. The molecule has 0 radical (unpaired) electrons. The highest BCUT2D eigenvalue weighted by Gasteiger charge is 2.23. The fourth-order valence-corrected chi connectivity index (χ4v) is 4.32. The normalized spacial score (nSPS) is 16.9. The van der Waals surface area contributed by atoms with E-state index in [1.807, 2.05) is 36.6 Å². The molecule has 1 aromatic heterocycles. The summed E-state index contributed by atoms with van der Waals surface area (Å²) >= 11 is 2.97. The highest BCUT2D eigenvalue weighted by molar-refractivity contribution is 8.00. The number of amides is 2. The van der Waals surface area contributed by atoms with E-state index in [2.05, 4.69) is 15.6 Å². The zero-order valence-electron chi connectivity index (χ0n) is 13.4. The summed E-state index contributed by atoms with van der Waals surface area (Å²) in [7, 11) is 0. The maximum absolute atomic E-state index is 12.3. The number of nitrogens with zero attached hydrogens (tertiary/aromatic N) is 1. The maximum atomic E-state index is 12.3. The van der Waals surface area contributed by atoms with Gasteiger partial charge in [-0.1, -0.05) is 18.2 Å². The molecule has 1 aromatic carbocycles. The molecule has 1 aliphatic heterocycles. The highest BCUT2D eigenvalue weighted by atomic mass is 32.2. The van der Waals surface area contributed by atoms with Crippen LogP contribution < -0.4 is 10.6 Å². The molecule has 1 atom stereocenters. The SMILES string of the molecule is Cc1csc(NC(=O)CCS[C@H]2CCc3ccccc3NC2=O)n1. The summed E-state index contributed by atoms with van der Waals surface area (Å²) in [5, 5.41) is 8.19. The van der Waals surface area contributed by atoms with Crippen molar-refractivity contribution in [3.05, 3.63) is 40.9 Å². The van der Waals surface area contributed by atoms with Gasteiger partial charge >= 0.3 is 0 Å². The molecular weight excluding hydrogens is 342 g/mol. The summed E-state index contributed by atoms with van der Waals surface area (Å²) in [6.45, 7) is 1.89. The minimum absolute atomic E-state index is 0.0286. The first kappa shape index (κ1) is 17.0. The van der Waals surface area contributed by atoms with E-state index in [9.17, 15) is 9.59 Å². The number of para-hydroxylation sites is 1. The molecule has 0 fully saturated rings. The molecule has 0 unspecified atom stereocenters. The molecule has 1 aliphatic rings. The van der Waals surface area contributed by atoms with Crippen LogP contribution in [0.2, 0.25) is 0 Å². The van der Waals surface area contributed by atoms with Gasteiger partial charge in [0.2, 0.25) is 11.8 Å². The van der Waals surface area contributed by atoms with Crippen molar-refractivity contribution in [3.63, 3.8) is 0 Å². The minimum Gasteiger partial charge on any atom is -0.325 e. The molecule has 24 heavy (non-hydrogen) atoms. The Morgan fingerprint density at radius 2 is 2.29 bits per heavy atom. The molecule has 0 saturated carbocycles. The molecule has 0 spiro atoms. The zero-order valence-corrected chi connectivity index (χ0v) is 15.0. The van der Waals surface area contributed by atoms with E-state index in [1.54, 1.807) is 11.8 Å². The van der Waals surface area contributed by atoms with E-state index in [0.29, 0.717) is 17.3 Å². The van der Waals surface area contributed by atoms with Crippen LogP contribution in [0.25, 0.3) is 0 Å². The van der Waals surface area contributed by atoms with E-state index in [4.69, 9.17) is 0 Å². The monoisotopic (exact) mass is 361 g/mol. The van der Waals surface area contributed by atoms with Crippen LogP contribution in [0.15, 0.2) is 29.6 Å². The number of benzene rings is 1. The van der Waals surface area contributed by atoms with Crippen LogP contribution in [0.3, 0.4) is 0 Å². The number of nitrogens with one attached hydrogen (secondary N) is 2. The lowest BCUT2D eigenvalue weighted by Crippen LogP contribution is -2.24. The molecule has 5 nitrogen and oxygen atoms in total. The molecule has 0 saturated heterocycles. The lowest BCUT2D eigenvalue weighted by Gasteiger charge is -2.12. The van der Waals surface area contributed by atoms with Crippen molar-refractivity contribution >= 4 is 45.7 Å². The Hall–Kier alpha value is -1.86. The second-order valence-electron chi connectivity index (χ2n) is 5.64. The average molecular weight is 361 g/mol. The molecule has 0 bridgehead atoms. The Labute approximate surface area is 149 Å². The smallest absolute Gasteiger partial charge is 0.237 e. The minimum atomic E-state index is -0.118. The van der Waals surface area contributed by atoms with Crippen molar-refractivity contribution < 1.29 is 9.59 Å². The summed E-state index contributed by atoms with van der Waals surface area (Å²) in [6, 6.07) is 7.90. The van der Waals surface area contributed by atoms with Gasteiger partial charge < -0.3 is 10.6 Å². The number of carbonyl (C=O) groups excluding carboxylic acids is 2. The van der Waals surface area contributed by atoms with Crippen molar-refractivity contribution in [2.24, 2.45) is 0 Å². The zero-order chi connectivity index (χ0) is 16.9. The number of carbonyl (C=O) groups is 2. The molecular formula is C17H19N3O2S2. The summed E-state index contributed by atoms with van der Waals surface area (Å²) in [6.07, 6.45) is 2.04. The Kier molecular flexibility index (Phi) is 5.52. The average Bonchev–Trinajstić information content (AvgIpc) is 2.88. The molecule has 2 amide bonds. The third-order valence-electron chi connectivity index (χ3n) is 3.76. The van der Waals surface area contributed by atoms with E-state index < -0.39 is 0 Å². The number of rotatable bonds is 5. The van der Waals surface area contributed by atoms with E-state index in [1.165, 1.54) is 16.9 Å². The van der Waals surface area contributed by atoms with Gasteiger partial charge in [-0.05, 0) is 31.4 Å². The fourth-order valence-electron chi connectivity index (χ4n) is 2.54. The molecule has 126 valence electrons. The fraction of sp³-hybridized carbons (Fsp3) is 0.353. The van der Waals surface area contributed by atoms with Crippen molar-refractivity contribution in [2.45, 2.75) is 31.4 Å². The van der Waals surface area contributed by atoms with Crippen LogP contribution in [0, 0.1) is 6.92 Å². The summed E-state index contributed by atoms with van der Waals surface area (Å²) in [5.41, 5.74) is 2.98. The molecule has 2 N–H and O–H groups in total. The molecule has 7 heteroatoms. The van der Waals surface area contributed by atoms with Gasteiger partial charge in [0.25, 0.3) is 0 Å². The number of hydrogen-bond acceptors (Lipinski definition) is 5. The summed E-state index contributed by atoms with van der Waals surface area (Å²) < 4.78 is 0. The molecule has 2 aromatic rings. The topological polar surface area (TPSA) is 71.1 Å². The maximum Gasteiger partial charge on any atom is 0.237 e. The number of aryl methyl sites for hydroxylation is 2. The number of thioether (sulfide) groups is 1. The third kappa shape index (κ3) is 4.36. The first-order valence-electron chi connectivity index (χ1n) is 7.84. The van der Waals surface area contributed by atoms with Crippen LogP contribution in [-0.2, 0) is 16.0 Å². The standard InChI is InChI=1S/C17H19N3O2S2/c1-11-10-24-17(18-11)20-15(21)8-9-23-14-7-6-12-4-2-3-5-13(12)19-16(14)22/h2-5,10,14H,6-9H2,1H3,(H,19,22)(H,18,20,21)/t14-/m0/s1. The largest absolute Gasteiger partial charge is 0.325 e. The molecule has 0 aliphatic carbocycles. The van der Waals surface area contributed by atoms with Gasteiger partial charge in [-0.15, -0.1) is 23.1 Å². The first-order chi connectivity index (χ1) is 11.6. The van der Waals surface area contributed by atoms with Crippen molar-refractivity contribution in [1.29, 1.82) is 0 Å². The second-order valence-corrected chi connectivity index (χ2v) is 7.81. The van der Waals surface area contributed by atoms with Crippen molar-refractivity contribution in [1.82, 2.24) is 4.98 Å². The lowest BCUT2D eigenvalue weighted by molar-refractivity contribution is -0.116. The van der Waals surface area contributed by atoms with Crippen LogP contribution >= 0.6 is 23.1 Å². The Balaban J connectivity index is 1.47. The molecule has 3 rings (SSSR count). The van der Waals surface area contributed by atoms with Gasteiger partial charge in [-0.25, -0.2) is 4.98 Å². The van der Waals surface area contributed by atoms with Gasteiger partial charge in [0.1, 0.15) is 0 Å². The quantitative estimate of drug-likeness (QED) is 0.855. The second kappa shape index (κ2) is 7.81. The van der Waals surface area contributed by atoms with Crippen molar-refractivity contribution in [2.75, 3.05) is 16.4 Å². The number of thiazole rings is 1. The number of fused-ring (bicyclic) bond motifs is 1. The number of hydrogen-bond donors (Lipinski definition) is 2. The van der Waals surface area contributed by atoms with E-state index in [-0.39, 0.29) is 17.1 Å². The highest BCUT2D eigenvalue weighted by Crippen LogP contribution is 2.27. The van der Waals surface area contributed by atoms with Gasteiger partial charge in [0.15, 0.2) is 5.13 Å². The van der Waals surface area contributed by atoms with E-state index >= 15 is 0 Å². The van der Waals surface area contributed by atoms with Gasteiger partial charge in [0.05, 0.1) is 10.9 Å². The summed E-state index contributed by atoms with van der Waals surface area (Å²) in [4.78, 5) is 28.5. The van der Waals surface area contributed by atoms with Crippen LogP contribution in [0.5, 0.6) is 0 Å².